The molecule has 0 saturated carbocycles. The largest absolute Gasteiger partial charge is 0.348 e. The zero-order chi connectivity index (χ0) is 18.5. The predicted octanol–water partition coefficient (Wildman–Crippen LogP) is 3.74. The molecule has 1 aliphatic rings. The zero-order valence-electron chi connectivity index (χ0n) is 14.4. The van der Waals surface area contributed by atoms with Gasteiger partial charge in [-0.05, 0) is 38.1 Å². The molecular weight excluding hydrogens is 332 g/mol. The van der Waals surface area contributed by atoms with Crippen molar-refractivity contribution in [2.24, 2.45) is 10.2 Å². The fourth-order valence-electron chi connectivity index (χ4n) is 2.30. The average Bonchev–Trinajstić information content (AvgIpc) is 2.64. The second kappa shape index (κ2) is 7.47. The minimum atomic E-state index is -0.458. The van der Waals surface area contributed by atoms with Gasteiger partial charge in [0, 0.05) is 11.4 Å². The highest BCUT2D eigenvalue weighted by atomic mass is 16.2. The van der Waals surface area contributed by atoms with Crippen molar-refractivity contribution < 1.29 is 9.59 Å². The van der Waals surface area contributed by atoms with Crippen molar-refractivity contribution in [3.05, 3.63) is 60.7 Å². The first-order valence-electron chi connectivity index (χ1n) is 7.97. The van der Waals surface area contributed by atoms with E-state index in [4.69, 9.17) is 0 Å². The number of para-hydroxylation sites is 2. The smallest absolute Gasteiger partial charge is 0.306 e. The van der Waals surface area contributed by atoms with Crippen molar-refractivity contribution in [3.63, 3.8) is 0 Å². The summed E-state index contributed by atoms with van der Waals surface area (Å²) in [6.45, 7) is 3.20. The lowest BCUT2D eigenvalue weighted by molar-refractivity contribution is 0.223. The summed E-state index contributed by atoms with van der Waals surface area (Å²) in [4.78, 5) is 24.8. The van der Waals surface area contributed by atoms with E-state index in [2.05, 4.69) is 20.8 Å². The van der Waals surface area contributed by atoms with Crippen LogP contribution in [0.5, 0.6) is 0 Å². The highest BCUT2D eigenvalue weighted by molar-refractivity contribution is 6.09. The van der Waals surface area contributed by atoms with E-state index >= 15 is 0 Å². The standard InChI is InChI=1S/C18H18N6O2/c1-13-21-24(18(26)20-16-11-7-4-8-12-16)14(2)22-23(13)17(25)19-15-9-5-3-6-10-15/h3-12H,1-2H3,(H,19,25)(H,20,26). The van der Waals surface area contributed by atoms with Crippen LogP contribution in [0.15, 0.2) is 70.9 Å². The Hall–Kier alpha value is -3.68. The van der Waals surface area contributed by atoms with Crippen molar-refractivity contribution in [2.45, 2.75) is 13.8 Å². The first-order chi connectivity index (χ1) is 12.5. The summed E-state index contributed by atoms with van der Waals surface area (Å²) in [7, 11) is 0. The third-order valence-electron chi connectivity index (χ3n) is 3.54. The molecule has 0 fully saturated rings. The topological polar surface area (TPSA) is 89.4 Å². The van der Waals surface area contributed by atoms with Crippen molar-refractivity contribution in [1.82, 2.24) is 10.0 Å². The van der Waals surface area contributed by atoms with Crippen molar-refractivity contribution in [2.75, 3.05) is 10.6 Å². The van der Waals surface area contributed by atoms with Crippen molar-refractivity contribution in [1.29, 1.82) is 0 Å². The van der Waals surface area contributed by atoms with Gasteiger partial charge in [-0.15, -0.1) is 10.2 Å². The van der Waals surface area contributed by atoms with Gasteiger partial charge in [0.25, 0.3) is 0 Å². The van der Waals surface area contributed by atoms with Crippen LogP contribution in [0.25, 0.3) is 0 Å². The van der Waals surface area contributed by atoms with E-state index < -0.39 is 12.1 Å². The average molecular weight is 350 g/mol. The second-order valence-electron chi connectivity index (χ2n) is 5.51. The summed E-state index contributed by atoms with van der Waals surface area (Å²) in [6.07, 6.45) is 0. The maximum atomic E-state index is 12.4. The number of rotatable bonds is 2. The van der Waals surface area contributed by atoms with E-state index in [0.717, 1.165) is 10.0 Å². The van der Waals surface area contributed by atoms with E-state index in [0.29, 0.717) is 11.4 Å². The van der Waals surface area contributed by atoms with Crippen molar-refractivity contribution in [3.8, 4) is 0 Å². The molecule has 8 heteroatoms. The Labute approximate surface area is 150 Å². The maximum Gasteiger partial charge on any atom is 0.348 e. The molecule has 0 unspecified atom stereocenters. The summed E-state index contributed by atoms with van der Waals surface area (Å²) in [5.74, 6) is 0.541. The number of hydrogen-bond acceptors (Lipinski definition) is 4. The summed E-state index contributed by atoms with van der Waals surface area (Å²) in [5, 5.41) is 16.0. The predicted molar refractivity (Wildman–Crippen MR) is 101 cm³/mol. The number of urea groups is 2. The first kappa shape index (κ1) is 17.2. The van der Waals surface area contributed by atoms with Gasteiger partial charge in [0.05, 0.1) is 0 Å². The molecule has 132 valence electrons. The molecule has 0 saturated heterocycles. The molecule has 0 spiro atoms. The molecule has 26 heavy (non-hydrogen) atoms. The number of amides is 4. The number of carbonyl (C=O) groups excluding carboxylic acids is 2. The number of benzene rings is 2. The van der Waals surface area contributed by atoms with Crippen LogP contribution in [-0.2, 0) is 0 Å². The number of hydrogen-bond donors (Lipinski definition) is 2. The van der Waals surface area contributed by atoms with Gasteiger partial charge in [0.2, 0.25) is 0 Å². The maximum absolute atomic E-state index is 12.4. The Kier molecular flexibility index (Phi) is 4.93. The summed E-state index contributed by atoms with van der Waals surface area (Å²) in [6, 6.07) is 17.1. The minimum absolute atomic E-state index is 0.271. The summed E-state index contributed by atoms with van der Waals surface area (Å²) >= 11 is 0. The summed E-state index contributed by atoms with van der Waals surface area (Å²) in [5.41, 5.74) is 1.28. The van der Waals surface area contributed by atoms with Crippen LogP contribution >= 0.6 is 0 Å². The molecule has 2 aromatic rings. The van der Waals surface area contributed by atoms with Crippen LogP contribution in [0.4, 0.5) is 21.0 Å². The monoisotopic (exact) mass is 350 g/mol. The number of anilines is 2. The van der Waals surface area contributed by atoms with E-state index in [1.807, 2.05) is 36.4 Å². The Morgan fingerprint density at radius 1 is 0.692 bits per heavy atom. The molecular formula is C18H18N6O2. The van der Waals surface area contributed by atoms with Gasteiger partial charge < -0.3 is 10.6 Å². The molecule has 0 bridgehead atoms. The molecule has 3 rings (SSSR count). The SMILES string of the molecule is CC1=NN(C(=O)Nc2ccccc2)C(C)=NN1C(=O)Nc1ccccc1. The highest BCUT2D eigenvalue weighted by Crippen LogP contribution is 2.14. The van der Waals surface area contributed by atoms with Gasteiger partial charge in [0.15, 0.2) is 11.7 Å². The zero-order valence-corrected chi connectivity index (χ0v) is 14.4. The van der Waals surface area contributed by atoms with Gasteiger partial charge in [0.1, 0.15) is 0 Å². The van der Waals surface area contributed by atoms with Crippen LogP contribution < -0.4 is 10.6 Å². The van der Waals surface area contributed by atoms with Crippen LogP contribution in [0.3, 0.4) is 0 Å². The lowest BCUT2D eigenvalue weighted by Gasteiger charge is -2.27. The van der Waals surface area contributed by atoms with E-state index in [9.17, 15) is 9.59 Å². The third-order valence-corrected chi connectivity index (χ3v) is 3.54. The van der Waals surface area contributed by atoms with E-state index in [1.54, 1.807) is 38.1 Å². The Morgan fingerprint density at radius 3 is 1.38 bits per heavy atom. The van der Waals surface area contributed by atoms with Crippen LogP contribution in [-0.4, -0.2) is 33.8 Å². The summed E-state index contributed by atoms with van der Waals surface area (Å²) < 4.78 is 0. The fraction of sp³-hybridized carbons (Fsp3) is 0.111. The molecule has 4 amide bonds. The van der Waals surface area contributed by atoms with Crippen LogP contribution in [0.2, 0.25) is 0 Å². The minimum Gasteiger partial charge on any atom is -0.306 e. The number of carbonyl (C=O) groups is 2. The van der Waals surface area contributed by atoms with Gasteiger partial charge in [-0.3, -0.25) is 0 Å². The number of nitrogens with zero attached hydrogens (tertiary/aromatic N) is 4. The Balaban J connectivity index is 1.71. The molecule has 0 aliphatic carbocycles. The molecule has 0 atom stereocenters. The van der Waals surface area contributed by atoms with E-state index in [-0.39, 0.29) is 11.7 Å². The molecule has 0 aromatic heterocycles. The molecule has 2 aromatic carbocycles. The number of amidine groups is 2. The number of hydrazone groups is 2. The van der Waals surface area contributed by atoms with Gasteiger partial charge in [-0.1, -0.05) is 36.4 Å². The fourth-order valence-corrected chi connectivity index (χ4v) is 2.30. The Morgan fingerprint density at radius 2 is 1.04 bits per heavy atom. The molecule has 1 aliphatic heterocycles. The Bertz CT molecular complexity index is 790. The third kappa shape index (κ3) is 3.86. The molecule has 1 heterocycles. The first-order valence-corrected chi connectivity index (χ1v) is 7.97. The quantitative estimate of drug-likeness (QED) is 0.864. The molecule has 0 radical (unpaired) electrons. The van der Waals surface area contributed by atoms with Gasteiger partial charge >= 0.3 is 12.1 Å². The van der Waals surface area contributed by atoms with E-state index in [1.165, 1.54) is 0 Å². The van der Waals surface area contributed by atoms with Gasteiger partial charge in [-0.2, -0.15) is 10.0 Å². The second-order valence-corrected chi connectivity index (χ2v) is 5.51. The van der Waals surface area contributed by atoms with Crippen LogP contribution in [0, 0.1) is 0 Å². The molecule has 2 N–H and O–H groups in total. The normalized spacial score (nSPS) is 13.6. The molecule has 8 nitrogen and oxygen atoms in total. The lowest BCUT2D eigenvalue weighted by atomic mass is 10.3. The highest BCUT2D eigenvalue weighted by Gasteiger charge is 2.27. The van der Waals surface area contributed by atoms with Crippen LogP contribution in [0.1, 0.15) is 13.8 Å². The number of nitrogens with one attached hydrogen (secondary N) is 2. The van der Waals surface area contributed by atoms with Gasteiger partial charge in [-0.25, -0.2) is 9.59 Å². The van der Waals surface area contributed by atoms with Crippen molar-refractivity contribution >= 4 is 35.1 Å². The lowest BCUT2D eigenvalue weighted by Crippen LogP contribution is -2.45.